The topological polar surface area (TPSA) is 32.3 Å². The van der Waals surface area contributed by atoms with Gasteiger partial charge < -0.3 is 10.4 Å². The van der Waals surface area contributed by atoms with Gasteiger partial charge in [0.1, 0.15) is 0 Å². The molecule has 0 radical (unpaired) electrons. The van der Waals surface area contributed by atoms with Gasteiger partial charge in [-0.2, -0.15) is 11.8 Å². The third kappa shape index (κ3) is 5.30. The zero-order chi connectivity index (χ0) is 12.7. The molecule has 4 heteroatoms. The second kappa shape index (κ2) is 7.27. The number of aliphatic hydroxyl groups excluding tert-OH is 1. The van der Waals surface area contributed by atoms with Gasteiger partial charge in [0, 0.05) is 16.3 Å². The third-order valence-corrected chi connectivity index (χ3v) is 4.21. The van der Waals surface area contributed by atoms with Crippen molar-refractivity contribution < 1.29 is 5.11 Å². The van der Waals surface area contributed by atoms with Crippen molar-refractivity contribution in [3.05, 3.63) is 34.9 Å². The Balaban J connectivity index is 2.26. The van der Waals surface area contributed by atoms with Crippen LogP contribution in [0.15, 0.2) is 24.3 Å². The van der Waals surface area contributed by atoms with Crippen molar-refractivity contribution >= 4 is 23.4 Å². The molecule has 96 valence electrons. The molecule has 0 aliphatic heterocycles. The number of hydrogen-bond donors (Lipinski definition) is 2. The van der Waals surface area contributed by atoms with Crippen molar-refractivity contribution in [1.82, 2.24) is 5.32 Å². The Labute approximate surface area is 113 Å². The van der Waals surface area contributed by atoms with Crippen LogP contribution in [-0.2, 0) is 5.75 Å². The first-order chi connectivity index (χ1) is 8.09. The minimum absolute atomic E-state index is 0.160. The average molecular weight is 274 g/mol. The molecule has 0 bridgehead atoms. The highest BCUT2D eigenvalue weighted by Crippen LogP contribution is 2.18. The van der Waals surface area contributed by atoms with E-state index in [9.17, 15) is 5.11 Å². The lowest BCUT2D eigenvalue weighted by atomic mass is 10.0. The fourth-order valence-corrected chi connectivity index (χ4v) is 2.64. The van der Waals surface area contributed by atoms with E-state index in [-0.39, 0.29) is 12.1 Å². The molecule has 2 N–H and O–H groups in total. The van der Waals surface area contributed by atoms with Gasteiger partial charge in [-0.3, -0.25) is 0 Å². The minimum atomic E-state index is -0.160. The molecule has 1 atom stereocenters. The van der Waals surface area contributed by atoms with Crippen LogP contribution in [0.2, 0.25) is 5.02 Å². The van der Waals surface area contributed by atoms with Gasteiger partial charge in [-0.15, -0.1) is 0 Å². The number of nitrogens with one attached hydrogen (secondary N) is 1. The van der Waals surface area contributed by atoms with E-state index in [1.807, 2.05) is 37.9 Å². The molecule has 0 heterocycles. The molecule has 1 rings (SSSR count). The van der Waals surface area contributed by atoms with Crippen LogP contribution in [0.5, 0.6) is 0 Å². The highest BCUT2D eigenvalue weighted by atomic mass is 35.5. The van der Waals surface area contributed by atoms with Crippen LogP contribution in [0.1, 0.15) is 18.9 Å². The van der Waals surface area contributed by atoms with Gasteiger partial charge in [0.15, 0.2) is 0 Å². The third-order valence-electron chi connectivity index (χ3n) is 2.93. The molecule has 0 amide bonds. The van der Waals surface area contributed by atoms with Crippen LogP contribution < -0.4 is 5.32 Å². The van der Waals surface area contributed by atoms with E-state index >= 15 is 0 Å². The molecule has 0 fully saturated rings. The molecule has 1 aromatic rings. The first-order valence-electron chi connectivity index (χ1n) is 5.71. The van der Waals surface area contributed by atoms with Crippen LogP contribution in [0, 0.1) is 0 Å². The number of rotatable bonds is 7. The lowest BCUT2D eigenvalue weighted by Crippen LogP contribution is -2.43. The molecule has 0 spiro atoms. The summed E-state index contributed by atoms with van der Waals surface area (Å²) in [6.45, 7) is 2.21. The van der Waals surface area contributed by atoms with E-state index in [0.29, 0.717) is 0 Å². The van der Waals surface area contributed by atoms with E-state index in [4.69, 9.17) is 11.6 Å². The Morgan fingerprint density at radius 3 is 2.53 bits per heavy atom. The normalized spacial score (nSPS) is 14.6. The van der Waals surface area contributed by atoms with Gasteiger partial charge in [-0.25, -0.2) is 0 Å². The second-order valence-electron chi connectivity index (χ2n) is 4.40. The van der Waals surface area contributed by atoms with Crippen LogP contribution >= 0.6 is 23.4 Å². The van der Waals surface area contributed by atoms with Gasteiger partial charge in [-0.05, 0) is 43.8 Å². The van der Waals surface area contributed by atoms with Crippen molar-refractivity contribution in [2.24, 2.45) is 0 Å². The molecule has 0 aromatic heterocycles. The van der Waals surface area contributed by atoms with Crippen molar-refractivity contribution in [1.29, 1.82) is 0 Å². The summed E-state index contributed by atoms with van der Waals surface area (Å²) in [5.41, 5.74) is 1.13. The number of likely N-dealkylation sites (N-methyl/N-ethyl adjacent to an activating group) is 1. The molecule has 0 saturated carbocycles. The minimum Gasteiger partial charge on any atom is -0.394 e. The molecule has 0 aliphatic carbocycles. The Hall–Kier alpha value is -0.220. The average Bonchev–Trinajstić information content (AvgIpc) is 2.36. The predicted molar refractivity (Wildman–Crippen MR) is 76.8 cm³/mol. The van der Waals surface area contributed by atoms with Gasteiger partial charge in [-0.1, -0.05) is 23.7 Å². The fraction of sp³-hybridized carbons (Fsp3) is 0.538. The zero-order valence-electron chi connectivity index (χ0n) is 10.4. The number of thioether (sulfide) groups is 1. The standard InChI is InChI=1S/C13H20ClNOS/c1-13(10-16,15-2)7-8-17-9-11-3-5-12(14)6-4-11/h3-6,15-16H,7-10H2,1-2H3. The SMILES string of the molecule is CNC(C)(CO)CCSCc1ccc(Cl)cc1. The summed E-state index contributed by atoms with van der Waals surface area (Å²) >= 11 is 7.70. The van der Waals surface area contributed by atoms with Crippen LogP contribution in [0.3, 0.4) is 0 Å². The summed E-state index contributed by atoms with van der Waals surface area (Å²) in [6.07, 6.45) is 0.957. The molecule has 2 nitrogen and oxygen atoms in total. The molecule has 0 saturated heterocycles. The zero-order valence-corrected chi connectivity index (χ0v) is 11.9. The van der Waals surface area contributed by atoms with E-state index in [1.165, 1.54) is 5.56 Å². The number of aliphatic hydroxyl groups is 1. The fourth-order valence-electron chi connectivity index (χ4n) is 1.35. The Morgan fingerprint density at radius 2 is 2.00 bits per heavy atom. The van der Waals surface area contributed by atoms with Gasteiger partial charge >= 0.3 is 0 Å². The summed E-state index contributed by atoms with van der Waals surface area (Å²) in [5.74, 6) is 2.02. The van der Waals surface area contributed by atoms with E-state index in [2.05, 4.69) is 17.4 Å². The number of halogens is 1. The maximum absolute atomic E-state index is 9.25. The second-order valence-corrected chi connectivity index (χ2v) is 5.94. The van der Waals surface area contributed by atoms with Crippen LogP contribution in [0.25, 0.3) is 0 Å². The maximum atomic E-state index is 9.25. The Bertz CT molecular complexity index is 325. The van der Waals surface area contributed by atoms with Gasteiger partial charge in [0.25, 0.3) is 0 Å². The quantitative estimate of drug-likeness (QED) is 0.750. The monoisotopic (exact) mass is 273 g/mol. The summed E-state index contributed by atoms with van der Waals surface area (Å²) in [4.78, 5) is 0. The molecule has 17 heavy (non-hydrogen) atoms. The first-order valence-corrected chi connectivity index (χ1v) is 7.25. The lowest BCUT2D eigenvalue weighted by molar-refractivity contribution is 0.179. The van der Waals surface area contributed by atoms with Crippen molar-refractivity contribution in [2.45, 2.75) is 24.6 Å². The Kier molecular flexibility index (Phi) is 6.34. The summed E-state index contributed by atoms with van der Waals surface area (Å²) in [7, 11) is 1.89. The van der Waals surface area contributed by atoms with Crippen molar-refractivity contribution in [3.8, 4) is 0 Å². The largest absolute Gasteiger partial charge is 0.394 e. The number of benzene rings is 1. The maximum Gasteiger partial charge on any atom is 0.0610 e. The molecule has 0 aliphatic rings. The van der Waals surface area contributed by atoms with Crippen molar-refractivity contribution in [3.63, 3.8) is 0 Å². The molecular formula is C13H20ClNOS. The predicted octanol–water partition coefficient (Wildman–Crippen LogP) is 2.93. The van der Waals surface area contributed by atoms with Crippen LogP contribution in [-0.4, -0.2) is 30.1 Å². The van der Waals surface area contributed by atoms with E-state index in [1.54, 1.807) is 0 Å². The summed E-state index contributed by atoms with van der Waals surface area (Å²) < 4.78 is 0. The first kappa shape index (κ1) is 14.8. The number of hydrogen-bond acceptors (Lipinski definition) is 3. The molecule has 1 unspecified atom stereocenters. The molecule has 1 aromatic carbocycles. The smallest absolute Gasteiger partial charge is 0.0610 e. The van der Waals surface area contributed by atoms with Crippen molar-refractivity contribution in [2.75, 3.05) is 19.4 Å². The van der Waals surface area contributed by atoms with Gasteiger partial charge in [0.2, 0.25) is 0 Å². The Morgan fingerprint density at radius 1 is 1.35 bits per heavy atom. The van der Waals surface area contributed by atoms with Crippen LogP contribution in [0.4, 0.5) is 0 Å². The van der Waals surface area contributed by atoms with Gasteiger partial charge in [0.05, 0.1) is 6.61 Å². The summed E-state index contributed by atoms with van der Waals surface area (Å²) in [5, 5.41) is 13.2. The molecular weight excluding hydrogens is 254 g/mol. The lowest BCUT2D eigenvalue weighted by Gasteiger charge is -2.26. The van der Waals surface area contributed by atoms with E-state index < -0.39 is 0 Å². The highest BCUT2D eigenvalue weighted by molar-refractivity contribution is 7.98. The summed E-state index contributed by atoms with van der Waals surface area (Å²) in [6, 6.07) is 7.95. The highest BCUT2D eigenvalue weighted by Gasteiger charge is 2.19. The van der Waals surface area contributed by atoms with E-state index in [0.717, 1.165) is 22.9 Å².